The predicted molar refractivity (Wildman–Crippen MR) is 121 cm³/mol. The first-order valence-electron chi connectivity index (χ1n) is 11.6. The van der Waals surface area contributed by atoms with Crippen molar-refractivity contribution < 1.29 is 28.5 Å². The number of ether oxygens (including phenoxy) is 3. The zero-order valence-electron chi connectivity index (χ0n) is 18.6. The van der Waals surface area contributed by atoms with Gasteiger partial charge in [0.05, 0.1) is 6.10 Å². The number of hydrogen-bond acceptors (Lipinski definition) is 6. The van der Waals surface area contributed by atoms with Gasteiger partial charge in [0.1, 0.15) is 16.9 Å². The van der Waals surface area contributed by atoms with Crippen molar-refractivity contribution >= 4 is 16.9 Å². The Morgan fingerprint density at radius 3 is 2.73 bits per heavy atom. The van der Waals surface area contributed by atoms with Crippen LogP contribution in [0.3, 0.4) is 0 Å². The molecule has 1 atom stereocenters. The monoisotopic (exact) mass is 449 g/mol. The largest absolute Gasteiger partial charge is 0.487 e. The number of fused-ring (bicyclic) bond motifs is 4. The van der Waals surface area contributed by atoms with Crippen LogP contribution in [-0.2, 0) is 6.54 Å². The first-order chi connectivity index (χ1) is 16.0. The summed E-state index contributed by atoms with van der Waals surface area (Å²) < 4.78 is 23.2. The summed E-state index contributed by atoms with van der Waals surface area (Å²) in [5, 5.41) is 14.8. The Kier molecular flexibility index (Phi) is 4.76. The van der Waals surface area contributed by atoms with Gasteiger partial charge in [0.2, 0.25) is 6.79 Å². The topological polar surface area (TPSA) is 90.2 Å². The molecule has 0 saturated heterocycles. The van der Waals surface area contributed by atoms with Crippen molar-refractivity contribution in [2.75, 3.05) is 6.79 Å². The zero-order valence-corrected chi connectivity index (χ0v) is 18.6. The number of nitrogens with one attached hydrogen (secondary N) is 1. The van der Waals surface area contributed by atoms with Gasteiger partial charge in [-0.2, -0.15) is 0 Å². The first-order valence-corrected chi connectivity index (χ1v) is 11.6. The van der Waals surface area contributed by atoms with Crippen LogP contribution in [0.15, 0.2) is 34.7 Å². The maximum absolute atomic E-state index is 13.0. The molecular formula is C26H27NO6. The smallest absolute Gasteiger partial charge is 0.287 e. The summed E-state index contributed by atoms with van der Waals surface area (Å²) in [6.45, 7) is 2.40. The van der Waals surface area contributed by atoms with E-state index in [9.17, 15) is 9.90 Å². The van der Waals surface area contributed by atoms with E-state index in [4.69, 9.17) is 18.6 Å². The van der Waals surface area contributed by atoms with E-state index in [1.54, 1.807) is 0 Å². The molecule has 0 bridgehead atoms. The molecule has 172 valence electrons. The molecule has 1 aromatic heterocycles. The average Bonchev–Trinajstić information content (AvgIpc) is 3.42. The van der Waals surface area contributed by atoms with Crippen molar-refractivity contribution in [3.8, 4) is 17.2 Å². The highest BCUT2D eigenvalue weighted by molar-refractivity contribution is 6.00. The number of aliphatic hydroxyl groups is 1. The fourth-order valence-corrected chi connectivity index (χ4v) is 5.53. The molecular weight excluding hydrogens is 422 g/mol. The van der Waals surface area contributed by atoms with E-state index in [-0.39, 0.29) is 24.1 Å². The quantitative estimate of drug-likeness (QED) is 0.590. The van der Waals surface area contributed by atoms with Crippen LogP contribution in [0, 0.1) is 6.92 Å². The van der Waals surface area contributed by atoms with Gasteiger partial charge in [-0.3, -0.25) is 4.79 Å². The molecule has 1 fully saturated rings. The number of carbonyl (C=O) groups is 1. The highest BCUT2D eigenvalue weighted by Gasteiger charge is 2.42. The number of rotatable bonds is 3. The summed E-state index contributed by atoms with van der Waals surface area (Å²) in [7, 11) is 0. The predicted octanol–water partition coefficient (Wildman–Crippen LogP) is 4.92. The van der Waals surface area contributed by atoms with Gasteiger partial charge in [-0.25, -0.2) is 0 Å². The Morgan fingerprint density at radius 1 is 1.09 bits per heavy atom. The molecule has 1 spiro atoms. The van der Waals surface area contributed by atoms with Crippen LogP contribution in [0.5, 0.6) is 17.2 Å². The summed E-state index contributed by atoms with van der Waals surface area (Å²) in [6.07, 6.45) is 5.36. The number of hydrogen-bond donors (Lipinski definition) is 2. The third kappa shape index (κ3) is 3.42. The molecule has 1 saturated carbocycles. The normalized spacial score (nSPS) is 20.5. The van der Waals surface area contributed by atoms with E-state index < -0.39 is 6.10 Å². The summed E-state index contributed by atoms with van der Waals surface area (Å²) in [5.74, 6) is 2.05. The van der Waals surface area contributed by atoms with Crippen LogP contribution in [0.4, 0.5) is 0 Å². The minimum atomic E-state index is -0.642. The van der Waals surface area contributed by atoms with Crippen molar-refractivity contribution in [1.82, 2.24) is 5.32 Å². The average molecular weight is 450 g/mol. The van der Waals surface area contributed by atoms with Crippen molar-refractivity contribution in [1.29, 1.82) is 0 Å². The van der Waals surface area contributed by atoms with Crippen LogP contribution < -0.4 is 19.5 Å². The van der Waals surface area contributed by atoms with E-state index in [0.717, 1.165) is 42.2 Å². The van der Waals surface area contributed by atoms with Crippen LogP contribution >= 0.6 is 0 Å². The molecule has 7 heteroatoms. The summed E-state index contributed by atoms with van der Waals surface area (Å²) >= 11 is 0. The van der Waals surface area contributed by atoms with Gasteiger partial charge in [-0.1, -0.05) is 12.5 Å². The second-order valence-electron chi connectivity index (χ2n) is 9.34. The molecule has 33 heavy (non-hydrogen) atoms. The number of benzene rings is 2. The summed E-state index contributed by atoms with van der Waals surface area (Å²) in [4.78, 5) is 13.0. The lowest BCUT2D eigenvalue weighted by molar-refractivity contribution is -0.0373. The Morgan fingerprint density at radius 2 is 1.88 bits per heavy atom. The van der Waals surface area contributed by atoms with Gasteiger partial charge in [-0.05, 0) is 62.4 Å². The Bertz CT molecular complexity index is 1240. The fraction of sp³-hybridized carbons (Fsp3) is 0.423. The van der Waals surface area contributed by atoms with Crippen molar-refractivity contribution in [2.24, 2.45) is 0 Å². The van der Waals surface area contributed by atoms with Gasteiger partial charge in [0, 0.05) is 29.5 Å². The first kappa shape index (κ1) is 20.4. The lowest BCUT2D eigenvalue weighted by atomic mass is 9.77. The summed E-state index contributed by atoms with van der Waals surface area (Å²) in [5.41, 5.74) is 2.66. The number of amides is 1. The number of aliphatic hydroxyl groups excluding tert-OH is 1. The van der Waals surface area contributed by atoms with Gasteiger partial charge in [0.15, 0.2) is 17.3 Å². The van der Waals surface area contributed by atoms with Crippen molar-refractivity contribution in [3.63, 3.8) is 0 Å². The van der Waals surface area contributed by atoms with Gasteiger partial charge in [-0.15, -0.1) is 0 Å². The van der Waals surface area contributed by atoms with Crippen LogP contribution in [-0.4, -0.2) is 23.4 Å². The third-order valence-corrected chi connectivity index (χ3v) is 7.18. The third-order valence-electron chi connectivity index (χ3n) is 7.18. The molecule has 6 rings (SSSR count). The van der Waals surface area contributed by atoms with Crippen molar-refractivity contribution in [3.05, 3.63) is 52.8 Å². The molecule has 2 N–H and O–H groups in total. The maximum atomic E-state index is 13.0. The molecule has 0 unspecified atom stereocenters. The highest BCUT2D eigenvalue weighted by atomic mass is 16.7. The second kappa shape index (κ2) is 7.70. The lowest BCUT2D eigenvalue weighted by Crippen LogP contribution is -2.42. The Balaban J connectivity index is 1.27. The number of carbonyl (C=O) groups excluding carboxylic acids is 1. The molecule has 1 amide bonds. The Hall–Kier alpha value is -3.19. The molecule has 2 aliphatic heterocycles. The minimum Gasteiger partial charge on any atom is -0.487 e. The van der Waals surface area contributed by atoms with Gasteiger partial charge < -0.3 is 29.1 Å². The fourth-order valence-electron chi connectivity index (χ4n) is 5.53. The van der Waals surface area contributed by atoms with E-state index in [1.807, 2.05) is 37.3 Å². The second-order valence-corrected chi connectivity index (χ2v) is 9.34. The lowest BCUT2D eigenvalue weighted by Gasteiger charge is -2.43. The number of furan rings is 1. The minimum absolute atomic E-state index is 0.213. The standard InChI is InChI=1S/C26H27NO6/c1-15-22-19(7-8-20-23(22)17(28)12-26(33-20)9-3-2-4-10-26)32-24(15)25(29)27-13-16-5-6-18-21(11-16)31-14-30-18/h5-8,11,17,28H,2-4,9-10,12-14H2,1H3,(H,27,29)/t17-/m0/s1. The van der Waals surface area contributed by atoms with Gasteiger partial charge in [0.25, 0.3) is 5.91 Å². The van der Waals surface area contributed by atoms with Crippen LogP contribution in [0.2, 0.25) is 0 Å². The molecule has 2 aromatic carbocycles. The van der Waals surface area contributed by atoms with E-state index in [0.29, 0.717) is 41.4 Å². The van der Waals surface area contributed by atoms with Crippen molar-refractivity contribution in [2.45, 2.75) is 63.7 Å². The van der Waals surface area contributed by atoms with E-state index >= 15 is 0 Å². The highest BCUT2D eigenvalue weighted by Crippen LogP contribution is 2.49. The SMILES string of the molecule is Cc1c(C(=O)NCc2ccc3c(c2)OCO3)oc2ccc3c(c12)[C@@H](O)CC1(CCCCC1)O3. The molecule has 3 aromatic rings. The number of aryl methyl sites for hydroxylation is 1. The molecule has 7 nitrogen and oxygen atoms in total. The molecule has 3 aliphatic rings. The molecule has 0 radical (unpaired) electrons. The van der Waals surface area contributed by atoms with E-state index in [2.05, 4.69) is 5.32 Å². The molecule has 1 aliphatic carbocycles. The molecule has 3 heterocycles. The Labute approximate surface area is 191 Å². The van der Waals surface area contributed by atoms with Gasteiger partial charge >= 0.3 is 0 Å². The van der Waals surface area contributed by atoms with Crippen LogP contribution in [0.1, 0.15) is 71.9 Å². The summed E-state index contributed by atoms with van der Waals surface area (Å²) in [6, 6.07) is 9.30. The van der Waals surface area contributed by atoms with E-state index in [1.165, 1.54) is 6.42 Å². The van der Waals surface area contributed by atoms with Crippen LogP contribution in [0.25, 0.3) is 11.0 Å². The zero-order chi connectivity index (χ0) is 22.6. The maximum Gasteiger partial charge on any atom is 0.287 e.